The number of methoxy groups -OCH3 is 1. The molecule has 104 valence electrons. The Bertz CT molecular complexity index is 302. The van der Waals surface area contributed by atoms with Crippen LogP contribution in [0.2, 0.25) is 0 Å². The molecule has 1 rings (SSSR count). The minimum atomic E-state index is -0.237. The van der Waals surface area contributed by atoms with Gasteiger partial charge in [0.25, 0.3) is 0 Å². The zero-order chi connectivity index (χ0) is 13.5. The smallest absolute Gasteiger partial charge is 0.333 e. The van der Waals surface area contributed by atoms with E-state index in [-0.39, 0.29) is 5.97 Å². The summed E-state index contributed by atoms with van der Waals surface area (Å²) in [7, 11) is 3.52. The summed E-state index contributed by atoms with van der Waals surface area (Å²) in [5.74, 6) is -0.237. The van der Waals surface area contributed by atoms with Crippen molar-refractivity contribution in [1.82, 2.24) is 9.80 Å². The van der Waals surface area contributed by atoms with Crippen LogP contribution in [0, 0.1) is 0 Å². The Kier molecular flexibility index (Phi) is 6.36. The maximum Gasteiger partial charge on any atom is 0.333 e. The van der Waals surface area contributed by atoms with Gasteiger partial charge in [-0.3, -0.25) is 4.90 Å². The molecule has 0 spiro atoms. The summed E-state index contributed by atoms with van der Waals surface area (Å²) in [6, 6.07) is 0.673. The van der Waals surface area contributed by atoms with Gasteiger partial charge in [-0.2, -0.15) is 0 Å². The summed E-state index contributed by atoms with van der Waals surface area (Å²) in [6.07, 6.45) is 4.54. The molecule has 0 saturated carbocycles. The highest BCUT2D eigenvalue weighted by Gasteiger charge is 2.23. The first kappa shape index (κ1) is 15.2. The molecule has 1 unspecified atom stereocenters. The van der Waals surface area contributed by atoms with Crippen LogP contribution in [0.15, 0.2) is 11.6 Å². The summed E-state index contributed by atoms with van der Waals surface area (Å²) in [5, 5.41) is 0. The molecule has 0 bridgehead atoms. The van der Waals surface area contributed by atoms with E-state index in [0.29, 0.717) is 11.6 Å². The van der Waals surface area contributed by atoms with Crippen molar-refractivity contribution in [3.8, 4) is 0 Å². The lowest BCUT2D eigenvalue weighted by Gasteiger charge is -2.27. The normalized spacial score (nSPS) is 21.6. The molecular formula is C14H26N2O2. The largest absolute Gasteiger partial charge is 0.466 e. The third-order valence-electron chi connectivity index (χ3n) is 3.64. The molecule has 1 atom stereocenters. The van der Waals surface area contributed by atoms with Crippen LogP contribution in [-0.4, -0.2) is 62.1 Å². The molecule has 0 amide bonds. The van der Waals surface area contributed by atoms with E-state index in [1.54, 1.807) is 6.92 Å². The van der Waals surface area contributed by atoms with Crippen LogP contribution < -0.4 is 0 Å². The van der Waals surface area contributed by atoms with Gasteiger partial charge in [0.2, 0.25) is 0 Å². The van der Waals surface area contributed by atoms with Crippen molar-refractivity contribution in [2.45, 2.75) is 32.7 Å². The van der Waals surface area contributed by atoms with Crippen molar-refractivity contribution in [3.63, 3.8) is 0 Å². The summed E-state index contributed by atoms with van der Waals surface area (Å²) in [6.45, 7) is 8.25. The van der Waals surface area contributed by atoms with Gasteiger partial charge in [-0.05, 0) is 39.9 Å². The van der Waals surface area contributed by atoms with Crippen molar-refractivity contribution in [2.75, 3.05) is 40.3 Å². The maximum absolute atomic E-state index is 11.2. The number of hydrogen-bond donors (Lipinski definition) is 0. The number of rotatable bonds is 6. The number of carbonyl (C=O) groups is 1. The number of ether oxygens (including phenoxy) is 1. The molecule has 0 aromatic rings. The van der Waals surface area contributed by atoms with E-state index in [9.17, 15) is 4.79 Å². The molecule has 1 aliphatic rings. The van der Waals surface area contributed by atoms with Crippen LogP contribution in [0.4, 0.5) is 0 Å². The first-order valence-corrected chi connectivity index (χ1v) is 6.76. The number of hydrogen-bond acceptors (Lipinski definition) is 4. The Morgan fingerprint density at radius 3 is 2.89 bits per heavy atom. The molecule has 0 aromatic carbocycles. The molecule has 4 nitrogen and oxygen atoms in total. The zero-order valence-electron chi connectivity index (χ0n) is 12.1. The lowest BCUT2D eigenvalue weighted by molar-refractivity contribution is -0.136. The summed E-state index contributed by atoms with van der Waals surface area (Å²) in [4.78, 5) is 16.1. The molecule has 0 N–H and O–H groups in total. The van der Waals surface area contributed by atoms with E-state index < -0.39 is 0 Å². The van der Waals surface area contributed by atoms with Gasteiger partial charge in [-0.1, -0.05) is 13.0 Å². The van der Waals surface area contributed by atoms with E-state index >= 15 is 0 Å². The van der Waals surface area contributed by atoms with Crippen LogP contribution in [0.25, 0.3) is 0 Å². The van der Waals surface area contributed by atoms with E-state index in [1.807, 2.05) is 6.08 Å². The van der Waals surface area contributed by atoms with Gasteiger partial charge in [0.15, 0.2) is 0 Å². The molecule has 1 fully saturated rings. The monoisotopic (exact) mass is 254 g/mol. The van der Waals surface area contributed by atoms with E-state index in [2.05, 4.69) is 28.5 Å². The average molecular weight is 254 g/mol. The fourth-order valence-electron chi connectivity index (χ4n) is 2.49. The highest BCUT2D eigenvalue weighted by atomic mass is 16.5. The number of esters is 1. The molecule has 18 heavy (non-hydrogen) atoms. The van der Waals surface area contributed by atoms with E-state index in [1.165, 1.54) is 26.5 Å². The standard InChI is InChI=1S/C14H26N2O2/c1-5-16-9-6-7-13(16)11-15(3)10-8-12(2)14(17)18-4/h8,13H,5-7,9-11H2,1-4H3. The Balaban J connectivity index is 2.37. The zero-order valence-corrected chi connectivity index (χ0v) is 12.1. The highest BCUT2D eigenvalue weighted by Crippen LogP contribution is 2.17. The van der Waals surface area contributed by atoms with Gasteiger partial charge in [-0.25, -0.2) is 4.79 Å². The lowest BCUT2D eigenvalue weighted by Crippen LogP contribution is -2.38. The molecule has 4 heteroatoms. The molecule has 1 saturated heterocycles. The van der Waals surface area contributed by atoms with Crippen molar-refractivity contribution in [3.05, 3.63) is 11.6 Å². The van der Waals surface area contributed by atoms with Gasteiger partial charge < -0.3 is 9.64 Å². The molecule has 1 aliphatic heterocycles. The Labute approximate surface area is 111 Å². The first-order valence-electron chi connectivity index (χ1n) is 6.76. The van der Waals surface area contributed by atoms with Crippen LogP contribution in [-0.2, 0) is 9.53 Å². The number of likely N-dealkylation sites (N-methyl/N-ethyl adjacent to an activating group) is 2. The lowest BCUT2D eigenvalue weighted by atomic mass is 10.2. The van der Waals surface area contributed by atoms with Gasteiger partial charge in [-0.15, -0.1) is 0 Å². The second kappa shape index (κ2) is 7.54. The van der Waals surface area contributed by atoms with Gasteiger partial charge in [0, 0.05) is 24.7 Å². The van der Waals surface area contributed by atoms with Crippen LogP contribution in [0.5, 0.6) is 0 Å². The topological polar surface area (TPSA) is 32.8 Å². The number of likely N-dealkylation sites (tertiary alicyclic amines) is 1. The molecule has 0 aromatic heterocycles. The quantitative estimate of drug-likeness (QED) is 0.531. The maximum atomic E-state index is 11.2. The number of carbonyl (C=O) groups excluding carboxylic acids is 1. The van der Waals surface area contributed by atoms with Gasteiger partial charge in [0.05, 0.1) is 7.11 Å². The fourth-order valence-corrected chi connectivity index (χ4v) is 2.49. The molecular weight excluding hydrogens is 228 g/mol. The van der Waals surface area contributed by atoms with Crippen molar-refractivity contribution < 1.29 is 9.53 Å². The van der Waals surface area contributed by atoms with Crippen LogP contribution >= 0.6 is 0 Å². The van der Waals surface area contributed by atoms with Gasteiger partial charge >= 0.3 is 5.97 Å². The first-order chi connectivity index (χ1) is 8.58. The van der Waals surface area contributed by atoms with E-state index in [0.717, 1.165) is 19.6 Å². The third kappa shape index (κ3) is 4.42. The molecule has 0 aliphatic carbocycles. The summed E-state index contributed by atoms with van der Waals surface area (Å²) < 4.78 is 4.68. The van der Waals surface area contributed by atoms with Gasteiger partial charge in [0.1, 0.15) is 0 Å². The van der Waals surface area contributed by atoms with Crippen molar-refractivity contribution in [1.29, 1.82) is 0 Å². The predicted molar refractivity (Wildman–Crippen MR) is 73.5 cm³/mol. The predicted octanol–water partition coefficient (Wildman–Crippen LogP) is 1.52. The molecule has 0 radical (unpaired) electrons. The SMILES string of the molecule is CCN1CCCC1CN(C)CC=C(C)C(=O)OC. The Morgan fingerprint density at radius 2 is 2.28 bits per heavy atom. The van der Waals surface area contributed by atoms with E-state index in [4.69, 9.17) is 0 Å². The highest BCUT2D eigenvalue weighted by molar-refractivity contribution is 5.87. The van der Waals surface area contributed by atoms with Crippen LogP contribution in [0.1, 0.15) is 26.7 Å². The summed E-state index contributed by atoms with van der Waals surface area (Å²) in [5.41, 5.74) is 0.683. The minimum Gasteiger partial charge on any atom is -0.466 e. The van der Waals surface area contributed by atoms with Crippen molar-refractivity contribution >= 4 is 5.97 Å². The molecule has 1 heterocycles. The second-order valence-corrected chi connectivity index (χ2v) is 5.02. The fraction of sp³-hybridized carbons (Fsp3) is 0.786. The minimum absolute atomic E-state index is 0.237. The number of nitrogens with zero attached hydrogens (tertiary/aromatic N) is 2. The van der Waals surface area contributed by atoms with Crippen LogP contribution in [0.3, 0.4) is 0 Å². The second-order valence-electron chi connectivity index (χ2n) is 5.02. The average Bonchev–Trinajstić information content (AvgIpc) is 2.82. The Hall–Kier alpha value is -0.870. The van der Waals surface area contributed by atoms with Crippen molar-refractivity contribution in [2.24, 2.45) is 0 Å². The summed E-state index contributed by atoms with van der Waals surface area (Å²) >= 11 is 0. The Morgan fingerprint density at radius 1 is 1.56 bits per heavy atom. The third-order valence-corrected chi connectivity index (χ3v) is 3.64.